The Bertz CT molecular complexity index is 619. The van der Waals surface area contributed by atoms with E-state index in [0.717, 1.165) is 0 Å². The highest BCUT2D eigenvalue weighted by Crippen LogP contribution is 2.22. The molecule has 2 atom stereocenters. The number of methoxy groups -OCH3 is 1. The maximum absolute atomic E-state index is 5.46. The second-order valence-corrected chi connectivity index (χ2v) is 12.3. The number of ether oxygens (including phenoxy) is 1. The second-order valence-electron chi connectivity index (χ2n) is 7.20. The zero-order valence-electron chi connectivity index (χ0n) is 15.2. The Hall–Kier alpha value is -1.68. The summed E-state index contributed by atoms with van der Waals surface area (Å²) in [6.07, 6.45) is 2.33. The summed E-state index contributed by atoms with van der Waals surface area (Å²) in [4.78, 5) is 0. The second kappa shape index (κ2) is 8.97. The van der Waals surface area contributed by atoms with E-state index in [2.05, 4.69) is 91.3 Å². The highest BCUT2D eigenvalue weighted by Gasteiger charge is 2.18. The molecule has 0 bridgehead atoms. The van der Waals surface area contributed by atoms with Crippen molar-refractivity contribution in [3.63, 3.8) is 0 Å². The quantitative estimate of drug-likeness (QED) is 0.673. The van der Waals surface area contributed by atoms with Crippen LogP contribution in [0, 0.1) is 0 Å². The van der Waals surface area contributed by atoms with Crippen molar-refractivity contribution in [2.45, 2.75) is 31.7 Å². The molecule has 0 radical (unpaired) electrons. The van der Waals surface area contributed by atoms with Crippen LogP contribution in [0.1, 0.15) is 23.2 Å². The lowest BCUT2D eigenvalue weighted by molar-refractivity contribution is 0.163. The molecule has 0 fully saturated rings. The van der Waals surface area contributed by atoms with Crippen molar-refractivity contribution < 1.29 is 4.74 Å². The normalized spacial score (nSPS) is 14.7. The molecule has 2 aromatic carbocycles. The summed E-state index contributed by atoms with van der Waals surface area (Å²) in [5, 5.41) is 3.77. The molecule has 0 heterocycles. The summed E-state index contributed by atoms with van der Waals surface area (Å²) in [6.45, 7) is 7.72. The van der Waals surface area contributed by atoms with Crippen molar-refractivity contribution in [2.24, 2.45) is 0 Å². The van der Waals surface area contributed by atoms with Crippen LogP contribution in [0.4, 0.5) is 0 Å². The molecule has 0 aliphatic heterocycles. The molecule has 0 saturated heterocycles. The summed E-state index contributed by atoms with van der Waals surface area (Å²) >= 11 is 0. The van der Waals surface area contributed by atoms with Gasteiger partial charge >= 0.3 is 0 Å². The minimum atomic E-state index is -1.25. The van der Waals surface area contributed by atoms with Crippen LogP contribution >= 0.6 is 0 Å². The molecule has 1 N–H and O–H groups in total. The van der Waals surface area contributed by atoms with Crippen LogP contribution in [0.15, 0.2) is 72.4 Å². The Morgan fingerprint density at radius 3 is 1.96 bits per heavy atom. The molecule has 0 spiro atoms. The fraction of sp³-hybridized carbons (Fsp3) is 0.333. The van der Waals surface area contributed by atoms with Gasteiger partial charge in [-0.25, -0.2) is 0 Å². The van der Waals surface area contributed by atoms with Gasteiger partial charge in [-0.1, -0.05) is 92.1 Å². The summed E-state index contributed by atoms with van der Waals surface area (Å²) in [5.74, 6) is 0. The van der Waals surface area contributed by atoms with Gasteiger partial charge in [0.1, 0.15) is 0 Å². The van der Waals surface area contributed by atoms with E-state index in [1.165, 1.54) is 11.1 Å². The van der Waals surface area contributed by atoms with Crippen LogP contribution in [0.25, 0.3) is 0 Å². The Morgan fingerprint density at radius 2 is 1.46 bits per heavy atom. The van der Waals surface area contributed by atoms with Crippen molar-refractivity contribution in [3.8, 4) is 0 Å². The SMILES string of the molecule is COC[C@H](N[C@H](/C=C/[Si](C)(C)C)c1ccccc1)c1ccccc1. The van der Waals surface area contributed by atoms with Gasteiger partial charge in [0.25, 0.3) is 0 Å². The van der Waals surface area contributed by atoms with Gasteiger partial charge in [-0.15, -0.1) is 0 Å². The van der Waals surface area contributed by atoms with Crippen LogP contribution in [-0.4, -0.2) is 21.8 Å². The van der Waals surface area contributed by atoms with E-state index in [9.17, 15) is 0 Å². The third-order valence-electron chi connectivity index (χ3n) is 3.86. The Labute approximate surface area is 147 Å². The minimum Gasteiger partial charge on any atom is -0.383 e. The summed E-state index contributed by atoms with van der Waals surface area (Å²) in [7, 11) is 0.503. The van der Waals surface area contributed by atoms with Gasteiger partial charge in [-0.05, 0) is 11.1 Å². The van der Waals surface area contributed by atoms with Crippen molar-refractivity contribution >= 4 is 8.07 Å². The molecule has 0 saturated carbocycles. The zero-order valence-corrected chi connectivity index (χ0v) is 16.2. The average Bonchev–Trinajstić information content (AvgIpc) is 2.58. The summed E-state index contributed by atoms with van der Waals surface area (Å²) in [6, 6.07) is 21.5. The van der Waals surface area contributed by atoms with E-state index in [1.54, 1.807) is 7.11 Å². The van der Waals surface area contributed by atoms with E-state index in [1.807, 2.05) is 6.07 Å². The van der Waals surface area contributed by atoms with Crippen molar-refractivity contribution in [1.82, 2.24) is 5.32 Å². The number of hydrogen-bond donors (Lipinski definition) is 1. The molecule has 2 aromatic rings. The van der Waals surface area contributed by atoms with E-state index < -0.39 is 8.07 Å². The molecule has 2 rings (SSSR count). The minimum absolute atomic E-state index is 0.160. The predicted octanol–water partition coefficient (Wildman–Crippen LogP) is 5.14. The average molecular weight is 340 g/mol. The van der Waals surface area contributed by atoms with E-state index in [-0.39, 0.29) is 12.1 Å². The van der Waals surface area contributed by atoms with Crippen LogP contribution in [0.5, 0.6) is 0 Å². The maximum Gasteiger partial charge on any atom is 0.0683 e. The van der Waals surface area contributed by atoms with Gasteiger partial charge in [0.15, 0.2) is 0 Å². The molecule has 24 heavy (non-hydrogen) atoms. The van der Waals surface area contributed by atoms with E-state index in [0.29, 0.717) is 6.61 Å². The molecule has 0 amide bonds. The molecule has 0 aliphatic rings. The molecule has 0 aromatic heterocycles. The smallest absolute Gasteiger partial charge is 0.0683 e. The molecule has 3 heteroatoms. The Morgan fingerprint density at radius 1 is 0.917 bits per heavy atom. The molecule has 2 nitrogen and oxygen atoms in total. The number of nitrogens with one attached hydrogen (secondary N) is 1. The van der Waals surface area contributed by atoms with Gasteiger partial charge < -0.3 is 4.74 Å². The lowest BCUT2D eigenvalue weighted by Gasteiger charge is -2.25. The monoisotopic (exact) mass is 339 g/mol. The Balaban J connectivity index is 2.27. The third-order valence-corrected chi connectivity index (χ3v) is 5.06. The maximum atomic E-state index is 5.46. The molecular formula is C21H29NOSi. The van der Waals surface area contributed by atoms with Crippen LogP contribution in [0.2, 0.25) is 19.6 Å². The summed E-state index contributed by atoms with van der Waals surface area (Å²) in [5.41, 5.74) is 4.94. The predicted molar refractivity (Wildman–Crippen MR) is 106 cm³/mol. The van der Waals surface area contributed by atoms with Crippen molar-refractivity contribution in [3.05, 3.63) is 83.6 Å². The van der Waals surface area contributed by atoms with Crippen molar-refractivity contribution in [1.29, 1.82) is 0 Å². The number of hydrogen-bond acceptors (Lipinski definition) is 2. The van der Waals surface area contributed by atoms with Crippen LogP contribution in [-0.2, 0) is 4.74 Å². The first-order valence-electron chi connectivity index (χ1n) is 8.54. The highest BCUT2D eigenvalue weighted by molar-refractivity contribution is 6.80. The summed E-state index contributed by atoms with van der Waals surface area (Å²) < 4.78 is 5.46. The van der Waals surface area contributed by atoms with Gasteiger partial charge in [-0.3, -0.25) is 5.32 Å². The first kappa shape index (κ1) is 18.7. The van der Waals surface area contributed by atoms with E-state index >= 15 is 0 Å². The molecule has 0 unspecified atom stereocenters. The fourth-order valence-corrected chi connectivity index (χ4v) is 3.39. The topological polar surface area (TPSA) is 21.3 Å². The third kappa shape index (κ3) is 6.08. The largest absolute Gasteiger partial charge is 0.383 e. The van der Waals surface area contributed by atoms with Gasteiger partial charge in [-0.2, -0.15) is 0 Å². The molecular weight excluding hydrogens is 310 g/mol. The highest BCUT2D eigenvalue weighted by atomic mass is 28.3. The number of benzene rings is 2. The Kier molecular flexibility index (Phi) is 6.97. The number of rotatable bonds is 8. The van der Waals surface area contributed by atoms with Gasteiger partial charge in [0.2, 0.25) is 0 Å². The first-order valence-corrected chi connectivity index (χ1v) is 12.1. The van der Waals surface area contributed by atoms with Crippen LogP contribution < -0.4 is 5.32 Å². The lowest BCUT2D eigenvalue weighted by Crippen LogP contribution is -2.29. The molecule has 128 valence electrons. The van der Waals surface area contributed by atoms with Crippen LogP contribution in [0.3, 0.4) is 0 Å². The first-order chi connectivity index (χ1) is 11.5. The van der Waals surface area contributed by atoms with Crippen molar-refractivity contribution in [2.75, 3.05) is 13.7 Å². The standard InChI is InChI=1S/C21H29NOSi/c1-23-17-21(19-13-9-6-10-14-19)22-20(15-16-24(2,3)4)18-11-7-5-8-12-18/h5-16,20-22H,17H2,1-4H3/b16-15+/t20-,21+/m1/s1. The lowest BCUT2D eigenvalue weighted by atomic mass is 10.0. The van der Waals surface area contributed by atoms with Gasteiger partial charge in [0.05, 0.1) is 26.8 Å². The fourth-order valence-electron chi connectivity index (χ4n) is 2.62. The zero-order chi connectivity index (χ0) is 17.4. The van der Waals surface area contributed by atoms with Gasteiger partial charge in [0, 0.05) is 7.11 Å². The van der Waals surface area contributed by atoms with E-state index in [4.69, 9.17) is 4.74 Å². The molecule has 0 aliphatic carbocycles.